The van der Waals surface area contributed by atoms with Crippen LogP contribution < -0.4 is 0 Å². The molecule has 3 nitrogen and oxygen atoms in total. The molecule has 3 atom stereocenters. The van der Waals surface area contributed by atoms with Gasteiger partial charge < -0.3 is 4.79 Å². The van der Waals surface area contributed by atoms with Gasteiger partial charge in [0.15, 0.2) is 11.6 Å². The molecule has 0 fully saturated rings. The van der Waals surface area contributed by atoms with Crippen LogP contribution >= 0.6 is 0 Å². The van der Waals surface area contributed by atoms with Crippen LogP contribution in [0.15, 0.2) is 35.9 Å². The molecular formula is C20H22O3. The normalized spacial score (nSPS) is 29.6. The van der Waals surface area contributed by atoms with Gasteiger partial charge in [-0.05, 0) is 25.7 Å². The zero-order valence-corrected chi connectivity index (χ0v) is 13.7. The summed E-state index contributed by atoms with van der Waals surface area (Å²) in [5.41, 5.74) is 1.44. The highest BCUT2D eigenvalue weighted by molar-refractivity contribution is 6.18. The van der Waals surface area contributed by atoms with Gasteiger partial charge in [0.1, 0.15) is 6.29 Å². The molecule has 0 unspecified atom stereocenters. The van der Waals surface area contributed by atoms with E-state index in [1.807, 2.05) is 26.0 Å². The van der Waals surface area contributed by atoms with Gasteiger partial charge in [-0.1, -0.05) is 49.3 Å². The average Bonchev–Trinajstić information content (AvgIpc) is 2.55. The Balaban J connectivity index is 2.24. The van der Waals surface area contributed by atoms with E-state index in [0.29, 0.717) is 30.4 Å². The Bertz CT molecular complexity index is 701. The van der Waals surface area contributed by atoms with Gasteiger partial charge in [0.2, 0.25) is 0 Å². The van der Waals surface area contributed by atoms with Crippen molar-refractivity contribution in [3.63, 3.8) is 0 Å². The van der Waals surface area contributed by atoms with Gasteiger partial charge in [0.05, 0.1) is 5.41 Å². The van der Waals surface area contributed by atoms with Gasteiger partial charge in [-0.3, -0.25) is 9.59 Å². The number of fused-ring (bicyclic) bond motifs is 2. The van der Waals surface area contributed by atoms with Crippen molar-refractivity contribution in [2.45, 2.75) is 39.5 Å². The highest BCUT2D eigenvalue weighted by Gasteiger charge is 2.57. The third-order valence-electron chi connectivity index (χ3n) is 5.49. The highest BCUT2D eigenvalue weighted by Crippen LogP contribution is 2.54. The van der Waals surface area contributed by atoms with Crippen molar-refractivity contribution in [3.8, 4) is 0 Å². The number of carbonyl (C=O) groups is 3. The maximum atomic E-state index is 13.4. The SMILES string of the molecule is CCC[C@@]12C(=O)c3ccccc3C(=O)[C@@H]1CC(C)=C[C@H]2CC=O. The van der Waals surface area contributed by atoms with Crippen molar-refractivity contribution in [1.29, 1.82) is 0 Å². The summed E-state index contributed by atoms with van der Waals surface area (Å²) < 4.78 is 0. The van der Waals surface area contributed by atoms with Gasteiger partial charge in [-0.25, -0.2) is 0 Å². The Morgan fingerprint density at radius 3 is 2.57 bits per heavy atom. The fourth-order valence-corrected chi connectivity index (χ4v) is 4.58. The summed E-state index contributed by atoms with van der Waals surface area (Å²) in [4.78, 5) is 37.7. The maximum Gasteiger partial charge on any atom is 0.171 e. The van der Waals surface area contributed by atoms with Gasteiger partial charge >= 0.3 is 0 Å². The van der Waals surface area contributed by atoms with Crippen molar-refractivity contribution in [3.05, 3.63) is 47.0 Å². The lowest BCUT2D eigenvalue weighted by Gasteiger charge is -2.49. The van der Waals surface area contributed by atoms with Gasteiger partial charge in [-0.15, -0.1) is 0 Å². The molecule has 0 aliphatic heterocycles. The number of ketones is 2. The maximum absolute atomic E-state index is 13.4. The van der Waals surface area contributed by atoms with Crippen molar-refractivity contribution in [2.24, 2.45) is 17.3 Å². The highest BCUT2D eigenvalue weighted by atomic mass is 16.1. The van der Waals surface area contributed by atoms with Crippen molar-refractivity contribution in [2.75, 3.05) is 0 Å². The van der Waals surface area contributed by atoms with E-state index < -0.39 is 5.41 Å². The summed E-state index contributed by atoms with van der Waals surface area (Å²) in [6, 6.07) is 7.13. The van der Waals surface area contributed by atoms with Crippen LogP contribution in [0, 0.1) is 17.3 Å². The Hall–Kier alpha value is -2.03. The summed E-state index contributed by atoms with van der Waals surface area (Å²) in [6.07, 6.45) is 5.33. The molecule has 120 valence electrons. The van der Waals surface area contributed by atoms with Gasteiger partial charge in [0.25, 0.3) is 0 Å². The summed E-state index contributed by atoms with van der Waals surface area (Å²) in [5.74, 6) is -0.393. The number of aldehydes is 1. The second-order valence-corrected chi connectivity index (χ2v) is 6.81. The van der Waals surface area contributed by atoms with Crippen LogP contribution in [-0.2, 0) is 4.79 Å². The zero-order chi connectivity index (χ0) is 16.6. The molecule has 0 aromatic heterocycles. The van der Waals surface area contributed by atoms with Gasteiger partial charge in [-0.2, -0.15) is 0 Å². The molecule has 23 heavy (non-hydrogen) atoms. The molecule has 0 saturated heterocycles. The summed E-state index contributed by atoms with van der Waals surface area (Å²) >= 11 is 0. The fourth-order valence-electron chi connectivity index (χ4n) is 4.58. The van der Waals surface area contributed by atoms with Crippen LogP contribution in [0.5, 0.6) is 0 Å². The lowest BCUT2D eigenvalue weighted by atomic mass is 9.51. The van der Waals surface area contributed by atoms with E-state index >= 15 is 0 Å². The average molecular weight is 310 g/mol. The van der Waals surface area contributed by atoms with Crippen LogP contribution in [0.2, 0.25) is 0 Å². The second-order valence-electron chi connectivity index (χ2n) is 6.81. The topological polar surface area (TPSA) is 51.2 Å². The van der Waals surface area contributed by atoms with E-state index in [4.69, 9.17) is 0 Å². The molecule has 0 amide bonds. The van der Waals surface area contributed by atoms with E-state index in [0.717, 1.165) is 18.3 Å². The monoisotopic (exact) mass is 310 g/mol. The third kappa shape index (κ3) is 2.21. The first-order chi connectivity index (χ1) is 11.1. The molecule has 0 N–H and O–H groups in total. The number of hydrogen-bond acceptors (Lipinski definition) is 3. The van der Waals surface area contributed by atoms with E-state index in [9.17, 15) is 14.4 Å². The molecule has 1 aromatic rings. The standard InChI is InChI=1S/C20H22O3/c1-3-9-20-14(8-10-21)11-13(2)12-17(20)18(22)15-6-4-5-7-16(15)19(20)23/h4-7,10-11,14,17H,3,8-9,12H2,1-2H3/t14-,17+,20+/m1/s1. The molecule has 0 heterocycles. The largest absolute Gasteiger partial charge is 0.303 e. The van der Waals surface area contributed by atoms with E-state index in [2.05, 4.69) is 6.08 Å². The number of allylic oxidation sites excluding steroid dienone is 2. The zero-order valence-electron chi connectivity index (χ0n) is 13.7. The predicted octanol–water partition coefficient (Wildman–Crippen LogP) is 4.02. The van der Waals surface area contributed by atoms with Crippen LogP contribution in [0.25, 0.3) is 0 Å². The quantitative estimate of drug-likeness (QED) is 0.623. The molecule has 0 bridgehead atoms. The minimum atomic E-state index is -0.749. The number of Topliss-reactive ketones (excluding diaryl/α,β-unsaturated/α-hetero) is 2. The van der Waals surface area contributed by atoms with Crippen LogP contribution in [0.1, 0.15) is 60.2 Å². The molecule has 1 aromatic carbocycles. The van der Waals surface area contributed by atoms with E-state index in [-0.39, 0.29) is 23.4 Å². The van der Waals surface area contributed by atoms with Crippen LogP contribution in [0.3, 0.4) is 0 Å². The molecule has 2 aliphatic rings. The molecule has 0 saturated carbocycles. The number of carbonyl (C=O) groups excluding carboxylic acids is 3. The molecule has 0 spiro atoms. The van der Waals surface area contributed by atoms with Crippen molar-refractivity contribution in [1.82, 2.24) is 0 Å². The molecule has 3 rings (SSSR count). The van der Waals surface area contributed by atoms with Gasteiger partial charge in [0, 0.05) is 23.5 Å². The molecular weight excluding hydrogens is 288 g/mol. The lowest BCUT2D eigenvalue weighted by Crippen LogP contribution is -2.53. The van der Waals surface area contributed by atoms with Crippen LogP contribution in [-0.4, -0.2) is 17.9 Å². The predicted molar refractivity (Wildman–Crippen MR) is 88.5 cm³/mol. The first-order valence-electron chi connectivity index (χ1n) is 8.35. The molecule has 3 heteroatoms. The van der Waals surface area contributed by atoms with Crippen LogP contribution in [0.4, 0.5) is 0 Å². The summed E-state index contributed by atoms with van der Waals surface area (Å²) in [5, 5.41) is 0. The Morgan fingerprint density at radius 1 is 1.22 bits per heavy atom. The number of rotatable bonds is 4. The van der Waals surface area contributed by atoms with E-state index in [1.165, 1.54) is 0 Å². The molecule has 0 radical (unpaired) electrons. The van der Waals surface area contributed by atoms with E-state index in [1.54, 1.807) is 12.1 Å². The van der Waals surface area contributed by atoms with Crippen molar-refractivity contribution >= 4 is 17.9 Å². The summed E-state index contributed by atoms with van der Waals surface area (Å²) in [6.45, 7) is 4.03. The minimum absolute atomic E-state index is 0.0511. The Labute approximate surface area is 136 Å². The lowest BCUT2D eigenvalue weighted by molar-refractivity contribution is -0.109. The molecule has 2 aliphatic carbocycles. The Kier molecular flexibility index (Phi) is 4.05. The smallest absolute Gasteiger partial charge is 0.171 e. The minimum Gasteiger partial charge on any atom is -0.303 e. The van der Waals surface area contributed by atoms with Crippen molar-refractivity contribution < 1.29 is 14.4 Å². The number of hydrogen-bond donors (Lipinski definition) is 0. The number of benzene rings is 1. The second kappa shape index (κ2) is 5.88. The summed E-state index contributed by atoms with van der Waals surface area (Å²) in [7, 11) is 0. The first kappa shape index (κ1) is 15.9. The third-order valence-corrected chi connectivity index (χ3v) is 5.49. The fraction of sp³-hybridized carbons (Fsp3) is 0.450. The first-order valence-corrected chi connectivity index (χ1v) is 8.35. The Morgan fingerprint density at radius 2 is 1.91 bits per heavy atom.